The number of benzene rings is 2. The highest BCUT2D eigenvalue weighted by Gasteiger charge is 2.18. The van der Waals surface area contributed by atoms with Crippen LogP contribution in [-0.4, -0.2) is 11.7 Å². The summed E-state index contributed by atoms with van der Waals surface area (Å²) in [6, 6.07) is 12.4. The van der Waals surface area contributed by atoms with Gasteiger partial charge in [0.25, 0.3) is 0 Å². The highest BCUT2D eigenvalue weighted by molar-refractivity contribution is 5.87. The second kappa shape index (κ2) is 8.99. The maximum absolute atomic E-state index is 13.3. The SMILES string of the molecule is C#CCOc1cc(O)c2c(=O)c(C/C=C/C=C(C)C)c(-c3ccccc3)oc2c1. The molecule has 3 rings (SSSR count). The highest BCUT2D eigenvalue weighted by atomic mass is 16.5. The third-order valence-corrected chi connectivity index (χ3v) is 4.29. The second-order valence-electron chi connectivity index (χ2n) is 6.79. The van der Waals surface area contributed by atoms with Gasteiger partial charge in [0.2, 0.25) is 5.43 Å². The maximum Gasteiger partial charge on any atom is 0.200 e. The molecule has 0 aliphatic heterocycles. The van der Waals surface area contributed by atoms with Gasteiger partial charge in [0.15, 0.2) is 0 Å². The Balaban J connectivity index is 2.21. The number of hydrogen-bond acceptors (Lipinski definition) is 4. The molecule has 4 heteroatoms. The predicted molar refractivity (Wildman–Crippen MR) is 116 cm³/mol. The van der Waals surface area contributed by atoms with Crippen molar-refractivity contribution in [3.05, 3.63) is 82.1 Å². The number of allylic oxidation sites excluding steroid dienone is 4. The summed E-state index contributed by atoms with van der Waals surface area (Å²) in [4.78, 5) is 13.3. The lowest BCUT2D eigenvalue weighted by Crippen LogP contribution is -2.11. The normalized spacial score (nSPS) is 10.8. The van der Waals surface area contributed by atoms with E-state index in [2.05, 4.69) is 5.92 Å². The molecule has 0 saturated carbocycles. The van der Waals surface area contributed by atoms with Crippen LogP contribution >= 0.6 is 0 Å². The van der Waals surface area contributed by atoms with E-state index in [-0.39, 0.29) is 28.8 Å². The fraction of sp³-hybridized carbons (Fsp3) is 0.160. The Morgan fingerprint density at radius 2 is 2.00 bits per heavy atom. The molecule has 0 unspecified atom stereocenters. The number of aromatic hydroxyl groups is 1. The van der Waals surface area contributed by atoms with Crippen molar-refractivity contribution in [3.63, 3.8) is 0 Å². The fourth-order valence-corrected chi connectivity index (χ4v) is 2.97. The first kappa shape index (κ1) is 20.0. The Hall–Kier alpha value is -3.71. The summed E-state index contributed by atoms with van der Waals surface area (Å²) in [7, 11) is 0. The van der Waals surface area contributed by atoms with Crippen LogP contribution in [0.25, 0.3) is 22.3 Å². The number of fused-ring (bicyclic) bond motifs is 1. The molecule has 0 atom stereocenters. The van der Waals surface area contributed by atoms with E-state index in [1.54, 1.807) is 6.07 Å². The zero-order valence-electron chi connectivity index (χ0n) is 16.4. The monoisotopic (exact) mass is 386 g/mol. The predicted octanol–water partition coefficient (Wildman–Crippen LogP) is 5.24. The summed E-state index contributed by atoms with van der Waals surface area (Å²) in [5, 5.41) is 10.6. The summed E-state index contributed by atoms with van der Waals surface area (Å²) < 4.78 is 11.5. The summed E-state index contributed by atoms with van der Waals surface area (Å²) in [5.41, 5.74) is 2.40. The molecule has 0 radical (unpaired) electrons. The first-order chi connectivity index (χ1) is 14.0. The molecule has 0 fully saturated rings. The molecule has 0 saturated heterocycles. The van der Waals surface area contributed by atoms with Gasteiger partial charge in [-0.3, -0.25) is 4.79 Å². The lowest BCUT2D eigenvalue weighted by molar-refractivity contribution is 0.367. The van der Waals surface area contributed by atoms with Crippen LogP contribution in [0.1, 0.15) is 19.4 Å². The van der Waals surface area contributed by atoms with Gasteiger partial charge in [0, 0.05) is 23.3 Å². The quantitative estimate of drug-likeness (QED) is 0.465. The van der Waals surface area contributed by atoms with Crippen molar-refractivity contribution in [1.82, 2.24) is 0 Å². The van der Waals surface area contributed by atoms with Crippen LogP contribution in [-0.2, 0) is 6.42 Å². The van der Waals surface area contributed by atoms with Crippen molar-refractivity contribution in [1.29, 1.82) is 0 Å². The summed E-state index contributed by atoms with van der Waals surface area (Å²) in [6.07, 6.45) is 11.4. The van der Waals surface area contributed by atoms with Crippen molar-refractivity contribution in [2.45, 2.75) is 20.3 Å². The summed E-state index contributed by atoms with van der Waals surface area (Å²) in [6.45, 7) is 4.05. The second-order valence-corrected chi connectivity index (χ2v) is 6.79. The van der Waals surface area contributed by atoms with Crippen molar-refractivity contribution >= 4 is 11.0 Å². The van der Waals surface area contributed by atoms with E-state index >= 15 is 0 Å². The minimum atomic E-state index is -0.270. The number of phenols is 1. The summed E-state index contributed by atoms with van der Waals surface area (Å²) in [5.74, 6) is 2.98. The molecular weight excluding hydrogens is 364 g/mol. The van der Waals surface area contributed by atoms with E-state index in [0.717, 1.165) is 11.1 Å². The average Bonchev–Trinajstić information content (AvgIpc) is 2.70. The maximum atomic E-state index is 13.3. The average molecular weight is 386 g/mol. The highest BCUT2D eigenvalue weighted by Crippen LogP contribution is 2.33. The molecule has 4 nitrogen and oxygen atoms in total. The molecule has 0 aliphatic carbocycles. The van der Waals surface area contributed by atoms with Crippen LogP contribution in [0.5, 0.6) is 11.5 Å². The molecule has 2 aromatic carbocycles. The molecule has 146 valence electrons. The van der Waals surface area contributed by atoms with Gasteiger partial charge < -0.3 is 14.3 Å². The van der Waals surface area contributed by atoms with Gasteiger partial charge in [-0.15, -0.1) is 6.42 Å². The molecule has 0 spiro atoms. The van der Waals surface area contributed by atoms with Gasteiger partial charge in [0.05, 0.1) is 0 Å². The largest absolute Gasteiger partial charge is 0.507 e. The molecule has 1 heterocycles. The molecule has 3 aromatic rings. The number of hydrogen-bond donors (Lipinski definition) is 1. The van der Waals surface area contributed by atoms with Gasteiger partial charge in [-0.1, -0.05) is 60.1 Å². The van der Waals surface area contributed by atoms with Crippen LogP contribution in [0.2, 0.25) is 0 Å². The van der Waals surface area contributed by atoms with E-state index in [9.17, 15) is 9.90 Å². The minimum Gasteiger partial charge on any atom is -0.507 e. The van der Waals surface area contributed by atoms with Gasteiger partial charge >= 0.3 is 0 Å². The van der Waals surface area contributed by atoms with Crippen LogP contribution in [0, 0.1) is 12.3 Å². The van der Waals surface area contributed by atoms with E-state index in [0.29, 0.717) is 23.5 Å². The molecular formula is C25H22O4. The fourth-order valence-electron chi connectivity index (χ4n) is 2.97. The van der Waals surface area contributed by atoms with E-state index in [1.165, 1.54) is 6.07 Å². The number of phenolic OH excluding ortho intramolecular Hbond substituents is 1. The molecule has 0 bridgehead atoms. The van der Waals surface area contributed by atoms with Gasteiger partial charge in [-0.05, 0) is 20.3 Å². The first-order valence-electron chi connectivity index (χ1n) is 9.25. The van der Waals surface area contributed by atoms with Crippen molar-refractivity contribution in [3.8, 4) is 35.2 Å². The third-order valence-electron chi connectivity index (χ3n) is 4.29. The number of ether oxygens (including phenoxy) is 1. The Bertz CT molecular complexity index is 1170. The van der Waals surface area contributed by atoms with Crippen molar-refractivity contribution in [2.75, 3.05) is 6.61 Å². The molecule has 1 aromatic heterocycles. The zero-order chi connectivity index (χ0) is 20.8. The molecule has 0 aliphatic rings. The Morgan fingerprint density at radius 1 is 1.24 bits per heavy atom. The van der Waals surface area contributed by atoms with Crippen molar-refractivity contribution < 1.29 is 14.3 Å². The minimum absolute atomic E-state index is 0.0496. The van der Waals surface area contributed by atoms with Gasteiger partial charge in [-0.2, -0.15) is 0 Å². The summed E-state index contributed by atoms with van der Waals surface area (Å²) >= 11 is 0. The Morgan fingerprint density at radius 3 is 2.69 bits per heavy atom. The molecule has 1 N–H and O–H groups in total. The smallest absolute Gasteiger partial charge is 0.200 e. The van der Waals surface area contributed by atoms with Gasteiger partial charge in [-0.25, -0.2) is 0 Å². The van der Waals surface area contributed by atoms with E-state index in [1.807, 2.05) is 62.4 Å². The number of terminal acetylenes is 1. The van der Waals surface area contributed by atoms with E-state index < -0.39 is 0 Å². The van der Waals surface area contributed by atoms with Crippen LogP contribution in [0.15, 0.2) is 75.5 Å². The van der Waals surface area contributed by atoms with Crippen LogP contribution < -0.4 is 10.2 Å². The van der Waals surface area contributed by atoms with E-state index in [4.69, 9.17) is 15.6 Å². The standard InChI is InChI=1S/C25H22O4/c1-4-14-28-19-15-21(26)23-22(16-19)29-25(18-11-6-5-7-12-18)20(24(23)27)13-9-8-10-17(2)3/h1,5-12,15-16,26H,13-14H2,2-3H3/b9-8+. The molecule has 29 heavy (non-hydrogen) atoms. The molecule has 0 amide bonds. The van der Waals surface area contributed by atoms with Crippen LogP contribution in [0.4, 0.5) is 0 Å². The zero-order valence-corrected chi connectivity index (χ0v) is 16.4. The topological polar surface area (TPSA) is 59.7 Å². The van der Waals surface area contributed by atoms with Crippen LogP contribution in [0.3, 0.4) is 0 Å². The Kier molecular flexibility index (Phi) is 6.21. The first-order valence-corrected chi connectivity index (χ1v) is 9.25. The van der Waals surface area contributed by atoms with Crippen molar-refractivity contribution in [2.24, 2.45) is 0 Å². The third kappa shape index (κ3) is 4.59. The number of rotatable bonds is 6. The lowest BCUT2D eigenvalue weighted by atomic mass is 10.0. The Labute approximate surface area is 169 Å². The lowest BCUT2D eigenvalue weighted by Gasteiger charge is -2.11. The van der Waals surface area contributed by atoms with Gasteiger partial charge in [0.1, 0.15) is 34.8 Å².